The number of hydrogen-bond acceptors (Lipinski definition) is 2. The van der Waals surface area contributed by atoms with Gasteiger partial charge in [-0.1, -0.05) is 40.0 Å². The molecule has 1 N–H and O–H groups in total. The van der Waals surface area contributed by atoms with Crippen LogP contribution in [0.1, 0.15) is 59.3 Å². The van der Waals surface area contributed by atoms with Crippen LogP contribution >= 0.6 is 0 Å². The highest BCUT2D eigenvalue weighted by Crippen LogP contribution is 2.24. The van der Waals surface area contributed by atoms with E-state index in [2.05, 4.69) is 38.0 Å². The van der Waals surface area contributed by atoms with Crippen molar-refractivity contribution in [1.29, 1.82) is 0 Å². The van der Waals surface area contributed by atoms with Crippen molar-refractivity contribution in [2.24, 2.45) is 5.92 Å². The molecule has 1 atom stereocenters. The molecule has 0 aromatic heterocycles. The van der Waals surface area contributed by atoms with Gasteiger partial charge >= 0.3 is 0 Å². The summed E-state index contributed by atoms with van der Waals surface area (Å²) in [6.45, 7) is 9.21. The highest BCUT2D eigenvalue weighted by molar-refractivity contribution is 4.75. The molecule has 1 fully saturated rings. The van der Waals surface area contributed by atoms with Crippen LogP contribution in [0.25, 0.3) is 0 Å². The van der Waals surface area contributed by atoms with Gasteiger partial charge in [-0.2, -0.15) is 0 Å². The normalized spacial score (nSPS) is 20.1. The Balaban J connectivity index is 2.28. The molecule has 0 saturated heterocycles. The van der Waals surface area contributed by atoms with Crippen LogP contribution in [0.2, 0.25) is 0 Å². The zero-order chi connectivity index (χ0) is 12.7. The van der Waals surface area contributed by atoms with E-state index in [1.807, 2.05) is 0 Å². The second-order valence-electron chi connectivity index (χ2n) is 6.07. The first kappa shape index (κ1) is 15.0. The number of nitrogens with one attached hydrogen (secondary N) is 1. The van der Waals surface area contributed by atoms with Crippen molar-refractivity contribution < 1.29 is 0 Å². The Hall–Kier alpha value is -0.0800. The maximum absolute atomic E-state index is 3.57. The van der Waals surface area contributed by atoms with Crippen LogP contribution in [0.15, 0.2) is 0 Å². The fourth-order valence-corrected chi connectivity index (χ4v) is 2.91. The quantitative estimate of drug-likeness (QED) is 0.735. The molecular weight excluding hydrogens is 208 g/mol. The van der Waals surface area contributed by atoms with Crippen molar-refractivity contribution in [1.82, 2.24) is 10.2 Å². The Morgan fingerprint density at radius 3 is 2.35 bits per heavy atom. The van der Waals surface area contributed by atoms with Gasteiger partial charge in [0, 0.05) is 25.2 Å². The largest absolute Gasteiger partial charge is 0.313 e. The lowest BCUT2D eigenvalue weighted by Crippen LogP contribution is -2.43. The van der Waals surface area contributed by atoms with Crippen molar-refractivity contribution in [3.05, 3.63) is 0 Å². The molecule has 0 heterocycles. The summed E-state index contributed by atoms with van der Waals surface area (Å²) in [7, 11) is 2.31. The second-order valence-corrected chi connectivity index (χ2v) is 6.07. The van der Waals surface area contributed by atoms with Crippen LogP contribution < -0.4 is 5.32 Å². The van der Waals surface area contributed by atoms with E-state index in [9.17, 15) is 0 Å². The van der Waals surface area contributed by atoms with Crippen molar-refractivity contribution >= 4 is 0 Å². The van der Waals surface area contributed by atoms with Crippen LogP contribution in [0.3, 0.4) is 0 Å². The van der Waals surface area contributed by atoms with Gasteiger partial charge in [0.2, 0.25) is 0 Å². The lowest BCUT2D eigenvalue weighted by Gasteiger charge is -2.33. The molecule has 1 aliphatic rings. The van der Waals surface area contributed by atoms with Gasteiger partial charge in [-0.15, -0.1) is 0 Å². The summed E-state index contributed by atoms with van der Waals surface area (Å²) in [4.78, 5) is 2.59. The maximum atomic E-state index is 3.57. The van der Waals surface area contributed by atoms with Crippen molar-refractivity contribution in [3.8, 4) is 0 Å². The molecule has 0 aromatic rings. The third-order valence-electron chi connectivity index (χ3n) is 4.13. The number of nitrogens with zero attached hydrogens (tertiary/aromatic N) is 1. The summed E-state index contributed by atoms with van der Waals surface area (Å²) in [6.07, 6.45) is 8.55. The Morgan fingerprint density at radius 1 is 1.18 bits per heavy atom. The zero-order valence-corrected chi connectivity index (χ0v) is 12.3. The van der Waals surface area contributed by atoms with E-state index in [0.29, 0.717) is 12.1 Å². The molecule has 1 unspecified atom stereocenters. The fraction of sp³-hybridized carbons (Fsp3) is 1.00. The molecule has 0 radical (unpaired) electrons. The van der Waals surface area contributed by atoms with E-state index in [-0.39, 0.29) is 0 Å². The monoisotopic (exact) mass is 240 g/mol. The maximum Gasteiger partial charge on any atom is 0.0215 e. The zero-order valence-electron chi connectivity index (χ0n) is 12.3. The SMILES string of the molecule is CCC(CNC(C)C)N(C)CC1CCCCC1. The Morgan fingerprint density at radius 2 is 1.82 bits per heavy atom. The van der Waals surface area contributed by atoms with Crippen LogP contribution in [-0.4, -0.2) is 37.1 Å². The third kappa shape index (κ3) is 5.87. The molecule has 1 rings (SSSR count). The average Bonchev–Trinajstić information content (AvgIpc) is 2.30. The van der Waals surface area contributed by atoms with Gasteiger partial charge in [0.15, 0.2) is 0 Å². The van der Waals surface area contributed by atoms with Gasteiger partial charge in [0.25, 0.3) is 0 Å². The predicted molar refractivity (Wildman–Crippen MR) is 76.4 cm³/mol. The van der Waals surface area contributed by atoms with Gasteiger partial charge in [-0.3, -0.25) is 0 Å². The van der Waals surface area contributed by atoms with Crippen LogP contribution in [-0.2, 0) is 0 Å². The Kier molecular flexibility index (Phi) is 7.14. The fourth-order valence-electron chi connectivity index (χ4n) is 2.91. The molecule has 0 aliphatic heterocycles. The molecule has 17 heavy (non-hydrogen) atoms. The molecule has 0 amide bonds. The first-order chi connectivity index (χ1) is 8.13. The molecule has 0 bridgehead atoms. The summed E-state index contributed by atoms with van der Waals surface area (Å²) < 4.78 is 0. The minimum absolute atomic E-state index is 0.604. The van der Waals surface area contributed by atoms with Crippen molar-refractivity contribution in [2.45, 2.75) is 71.4 Å². The number of rotatable bonds is 7. The molecule has 1 saturated carbocycles. The molecule has 2 nitrogen and oxygen atoms in total. The van der Waals surface area contributed by atoms with Gasteiger partial charge in [0.05, 0.1) is 0 Å². The number of hydrogen-bond donors (Lipinski definition) is 1. The summed E-state index contributed by atoms with van der Waals surface area (Å²) in [5, 5.41) is 3.57. The van der Waals surface area contributed by atoms with Crippen LogP contribution in [0.4, 0.5) is 0 Å². The molecule has 0 aromatic carbocycles. The third-order valence-corrected chi connectivity index (χ3v) is 4.13. The van der Waals surface area contributed by atoms with E-state index in [1.165, 1.54) is 45.1 Å². The lowest BCUT2D eigenvalue weighted by atomic mass is 9.88. The van der Waals surface area contributed by atoms with Gasteiger partial charge in [-0.05, 0) is 32.2 Å². The molecule has 102 valence electrons. The van der Waals surface area contributed by atoms with E-state index in [1.54, 1.807) is 0 Å². The Bertz CT molecular complexity index is 185. The van der Waals surface area contributed by atoms with Crippen LogP contribution in [0, 0.1) is 5.92 Å². The van der Waals surface area contributed by atoms with Gasteiger partial charge in [-0.25, -0.2) is 0 Å². The van der Waals surface area contributed by atoms with E-state index in [0.717, 1.165) is 12.5 Å². The van der Waals surface area contributed by atoms with Gasteiger partial charge < -0.3 is 10.2 Å². The predicted octanol–water partition coefficient (Wildman–Crippen LogP) is 3.28. The Labute approximate surface area is 108 Å². The van der Waals surface area contributed by atoms with Crippen molar-refractivity contribution in [3.63, 3.8) is 0 Å². The second kappa shape index (κ2) is 8.10. The summed E-state index contributed by atoms with van der Waals surface area (Å²) in [5.41, 5.74) is 0. The van der Waals surface area contributed by atoms with E-state index < -0.39 is 0 Å². The van der Waals surface area contributed by atoms with E-state index >= 15 is 0 Å². The topological polar surface area (TPSA) is 15.3 Å². The summed E-state index contributed by atoms with van der Waals surface area (Å²) >= 11 is 0. The lowest BCUT2D eigenvalue weighted by molar-refractivity contribution is 0.173. The highest BCUT2D eigenvalue weighted by Gasteiger charge is 2.19. The first-order valence-corrected chi connectivity index (χ1v) is 7.57. The summed E-state index contributed by atoms with van der Waals surface area (Å²) in [5.74, 6) is 0.960. The number of likely N-dealkylation sites (N-methyl/N-ethyl adjacent to an activating group) is 1. The smallest absolute Gasteiger partial charge is 0.0215 e. The first-order valence-electron chi connectivity index (χ1n) is 7.57. The molecule has 0 spiro atoms. The molecule has 2 heteroatoms. The summed E-state index contributed by atoms with van der Waals surface area (Å²) in [6, 6.07) is 1.31. The standard InChI is InChI=1S/C15H32N2/c1-5-15(11-16-13(2)3)17(4)12-14-9-7-6-8-10-14/h13-16H,5-12H2,1-4H3. The molecular formula is C15H32N2. The minimum atomic E-state index is 0.604. The van der Waals surface area contributed by atoms with Gasteiger partial charge in [0.1, 0.15) is 0 Å². The van der Waals surface area contributed by atoms with E-state index in [4.69, 9.17) is 0 Å². The van der Waals surface area contributed by atoms with Crippen molar-refractivity contribution in [2.75, 3.05) is 20.1 Å². The minimum Gasteiger partial charge on any atom is -0.313 e. The highest BCUT2D eigenvalue weighted by atomic mass is 15.1. The average molecular weight is 240 g/mol. The molecule has 1 aliphatic carbocycles. The van der Waals surface area contributed by atoms with Crippen LogP contribution in [0.5, 0.6) is 0 Å².